The number of rotatable bonds is 1. The van der Waals surface area contributed by atoms with Crippen molar-refractivity contribution >= 4 is 15.9 Å². The minimum Gasteiger partial charge on any atom is -0.377 e. The fourth-order valence-electron chi connectivity index (χ4n) is 2.06. The van der Waals surface area contributed by atoms with E-state index in [-0.39, 0.29) is 11.9 Å². The van der Waals surface area contributed by atoms with Crippen molar-refractivity contribution in [3.63, 3.8) is 0 Å². The van der Waals surface area contributed by atoms with Crippen LogP contribution in [0, 0.1) is 5.82 Å². The molecule has 1 aliphatic carbocycles. The number of hydrogen-bond donors (Lipinski definition) is 0. The molecule has 0 spiro atoms. The van der Waals surface area contributed by atoms with Crippen LogP contribution in [0.1, 0.15) is 30.1 Å². The third-order valence-corrected chi connectivity index (χ3v) is 3.35. The fourth-order valence-corrected chi connectivity index (χ4v) is 2.79. The van der Waals surface area contributed by atoms with E-state index in [1.54, 1.807) is 13.2 Å². The largest absolute Gasteiger partial charge is 0.377 e. The highest BCUT2D eigenvalue weighted by molar-refractivity contribution is 9.10. The molecule has 1 aliphatic rings. The first kappa shape index (κ1) is 10.1. The molecule has 3 heteroatoms. The van der Waals surface area contributed by atoms with Gasteiger partial charge in [0.15, 0.2) is 0 Å². The van der Waals surface area contributed by atoms with Gasteiger partial charge in [-0.15, -0.1) is 0 Å². The van der Waals surface area contributed by atoms with Gasteiger partial charge in [0.2, 0.25) is 0 Å². The fraction of sp³-hybridized carbons (Fsp3) is 0.455. The molecule has 0 saturated heterocycles. The van der Waals surface area contributed by atoms with Gasteiger partial charge in [0.05, 0.1) is 6.10 Å². The third kappa shape index (κ3) is 1.71. The van der Waals surface area contributed by atoms with E-state index in [0.29, 0.717) is 0 Å². The Labute approximate surface area is 91.4 Å². The Balaban J connectivity index is 2.51. The zero-order valence-electron chi connectivity index (χ0n) is 8.02. The highest BCUT2D eigenvalue weighted by Gasteiger charge is 2.22. The molecule has 0 aliphatic heterocycles. The zero-order valence-corrected chi connectivity index (χ0v) is 9.60. The second-order valence-electron chi connectivity index (χ2n) is 3.58. The van der Waals surface area contributed by atoms with E-state index in [1.165, 1.54) is 6.07 Å². The van der Waals surface area contributed by atoms with E-state index in [2.05, 4.69) is 15.9 Å². The number of hydrogen-bond acceptors (Lipinski definition) is 1. The molecule has 0 fully saturated rings. The van der Waals surface area contributed by atoms with E-state index < -0.39 is 0 Å². The number of methoxy groups -OCH3 is 1. The number of aryl methyl sites for hydroxylation is 1. The van der Waals surface area contributed by atoms with Gasteiger partial charge in [0, 0.05) is 11.6 Å². The summed E-state index contributed by atoms with van der Waals surface area (Å²) in [7, 11) is 1.70. The lowest BCUT2D eigenvalue weighted by Gasteiger charge is -2.25. The number of ether oxygens (including phenoxy) is 1. The van der Waals surface area contributed by atoms with E-state index in [9.17, 15) is 4.39 Å². The van der Waals surface area contributed by atoms with Crippen LogP contribution in [0.15, 0.2) is 16.6 Å². The quantitative estimate of drug-likeness (QED) is 0.748. The minimum atomic E-state index is -0.174. The molecule has 0 amide bonds. The summed E-state index contributed by atoms with van der Waals surface area (Å²) in [6, 6.07) is 3.13. The van der Waals surface area contributed by atoms with Gasteiger partial charge < -0.3 is 4.74 Å². The predicted octanol–water partition coefficient (Wildman–Crippen LogP) is 3.61. The molecule has 2 rings (SSSR count). The van der Waals surface area contributed by atoms with Crippen LogP contribution in [0.5, 0.6) is 0 Å². The molecular weight excluding hydrogens is 247 g/mol. The van der Waals surface area contributed by atoms with Gasteiger partial charge in [-0.3, -0.25) is 0 Å². The summed E-state index contributed by atoms with van der Waals surface area (Å²) >= 11 is 3.39. The van der Waals surface area contributed by atoms with Crippen molar-refractivity contribution in [1.29, 1.82) is 0 Å². The van der Waals surface area contributed by atoms with Crippen LogP contribution in [-0.2, 0) is 11.2 Å². The summed E-state index contributed by atoms with van der Waals surface area (Å²) in [5, 5.41) is 0. The van der Waals surface area contributed by atoms with Crippen LogP contribution < -0.4 is 0 Å². The van der Waals surface area contributed by atoms with Crippen molar-refractivity contribution in [2.45, 2.75) is 25.4 Å². The van der Waals surface area contributed by atoms with Crippen LogP contribution in [-0.4, -0.2) is 7.11 Å². The molecule has 0 N–H and O–H groups in total. The van der Waals surface area contributed by atoms with Crippen molar-refractivity contribution in [1.82, 2.24) is 0 Å². The van der Waals surface area contributed by atoms with Crippen LogP contribution >= 0.6 is 15.9 Å². The first-order chi connectivity index (χ1) is 6.72. The van der Waals surface area contributed by atoms with Gasteiger partial charge in [-0.05, 0) is 42.5 Å². The summed E-state index contributed by atoms with van der Waals surface area (Å²) in [6.45, 7) is 0. The Hall–Kier alpha value is -0.410. The maximum atomic E-state index is 13.1. The molecule has 0 aromatic heterocycles. The maximum absolute atomic E-state index is 13.1. The molecule has 1 aromatic rings. The van der Waals surface area contributed by atoms with Gasteiger partial charge in [-0.1, -0.05) is 15.9 Å². The summed E-state index contributed by atoms with van der Waals surface area (Å²) in [6.07, 6.45) is 3.16. The smallest absolute Gasteiger partial charge is 0.124 e. The van der Waals surface area contributed by atoms with Crippen molar-refractivity contribution in [3.8, 4) is 0 Å². The Morgan fingerprint density at radius 1 is 1.50 bits per heavy atom. The Kier molecular flexibility index (Phi) is 2.88. The average Bonchev–Trinajstić information content (AvgIpc) is 2.16. The number of halogens is 2. The Morgan fingerprint density at radius 3 is 3.00 bits per heavy atom. The van der Waals surface area contributed by atoms with Crippen molar-refractivity contribution in [2.75, 3.05) is 7.11 Å². The predicted molar refractivity (Wildman–Crippen MR) is 56.8 cm³/mol. The van der Waals surface area contributed by atoms with Gasteiger partial charge in [-0.25, -0.2) is 4.39 Å². The van der Waals surface area contributed by atoms with Crippen LogP contribution in [0.4, 0.5) is 4.39 Å². The Bertz CT molecular complexity index is 351. The Morgan fingerprint density at radius 2 is 2.29 bits per heavy atom. The first-order valence-electron chi connectivity index (χ1n) is 4.73. The molecule has 0 heterocycles. The van der Waals surface area contributed by atoms with E-state index in [0.717, 1.165) is 34.9 Å². The third-order valence-electron chi connectivity index (χ3n) is 2.70. The van der Waals surface area contributed by atoms with Gasteiger partial charge in [0.25, 0.3) is 0 Å². The molecule has 14 heavy (non-hydrogen) atoms. The van der Waals surface area contributed by atoms with Gasteiger partial charge >= 0.3 is 0 Å². The standard InChI is InChI=1S/C11H12BrFO/c1-14-10-4-2-3-7-5-8(13)6-9(12)11(7)10/h5-6,10H,2-4H2,1H3. The van der Waals surface area contributed by atoms with Crippen molar-refractivity contribution in [2.24, 2.45) is 0 Å². The molecule has 1 aromatic carbocycles. The zero-order chi connectivity index (χ0) is 10.1. The number of benzene rings is 1. The SMILES string of the molecule is COC1CCCc2cc(F)cc(Br)c21. The normalized spacial score (nSPS) is 20.6. The molecule has 1 atom stereocenters. The monoisotopic (exact) mass is 258 g/mol. The summed E-state index contributed by atoms with van der Waals surface area (Å²) in [4.78, 5) is 0. The second kappa shape index (κ2) is 3.99. The van der Waals surface area contributed by atoms with E-state index in [4.69, 9.17) is 4.74 Å². The molecule has 0 radical (unpaired) electrons. The summed E-state index contributed by atoms with van der Waals surface area (Å²) in [5.41, 5.74) is 2.20. The van der Waals surface area contributed by atoms with E-state index in [1.807, 2.05) is 0 Å². The highest BCUT2D eigenvalue weighted by Crippen LogP contribution is 2.37. The van der Waals surface area contributed by atoms with Gasteiger partial charge in [-0.2, -0.15) is 0 Å². The highest BCUT2D eigenvalue weighted by atomic mass is 79.9. The summed E-state index contributed by atoms with van der Waals surface area (Å²) < 4.78 is 19.3. The molecule has 0 bridgehead atoms. The van der Waals surface area contributed by atoms with Crippen LogP contribution in [0.2, 0.25) is 0 Å². The maximum Gasteiger partial charge on any atom is 0.124 e. The first-order valence-corrected chi connectivity index (χ1v) is 5.52. The van der Waals surface area contributed by atoms with Crippen molar-refractivity contribution in [3.05, 3.63) is 33.5 Å². The molecule has 1 nitrogen and oxygen atoms in total. The van der Waals surface area contributed by atoms with E-state index >= 15 is 0 Å². The van der Waals surface area contributed by atoms with Crippen LogP contribution in [0.3, 0.4) is 0 Å². The molecule has 0 saturated carbocycles. The summed E-state index contributed by atoms with van der Waals surface area (Å²) in [5.74, 6) is -0.174. The molecule has 76 valence electrons. The number of fused-ring (bicyclic) bond motifs is 1. The second-order valence-corrected chi connectivity index (χ2v) is 4.43. The molecular formula is C11H12BrFO. The topological polar surface area (TPSA) is 9.23 Å². The lowest BCUT2D eigenvalue weighted by Crippen LogP contribution is -2.12. The minimum absolute atomic E-state index is 0.119. The molecule has 1 unspecified atom stereocenters. The lowest BCUT2D eigenvalue weighted by molar-refractivity contribution is 0.0874. The van der Waals surface area contributed by atoms with Crippen LogP contribution in [0.25, 0.3) is 0 Å². The average molecular weight is 259 g/mol. The van der Waals surface area contributed by atoms with Gasteiger partial charge in [0.1, 0.15) is 5.82 Å². The van der Waals surface area contributed by atoms with Crippen molar-refractivity contribution < 1.29 is 9.13 Å². The lowest BCUT2D eigenvalue weighted by atomic mass is 9.89.